The van der Waals surface area contributed by atoms with Crippen LogP contribution in [0.3, 0.4) is 0 Å². The van der Waals surface area contributed by atoms with Crippen LogP contribution in [-0.2, 0) is 10.9 Å². The van der Waals surface area contributed by atoms with Crippen LogP contribution in [-0.4, -0.2) is 56.4 Å². The molecule has 1 aromatic rings. The van der Waals surface area contributed by atoms with Crippen LogP contribution in [0.4, 0.5) is 19.0 Å². The lowest BCUT2D eigenvalue weighted by Gasteiger charge is -2.36. The number of hydrogen-bond donors (Lipinski definition) is 2. The van der Waals surface area contributed by atoms with E-state index in [1.165, 1.54) is 0 Å². The number of anilines is 1. The SMILES string of the molecule is CCNC(=NCC1(C)COC1)NC1CCN(c2ncc(C(F)(F)F)cc2Cl)C1. The minimum Gasteiger partial charge on any atom is -0.380 e. The van der Waals surface area contributed by atoms with Gasteiger partial charge < -0.3 is 20.3 Å². The predicted octanol–water partition coefficient (Wildman–Crippen LogP) is 2.92. The van der Waals surface area contributed by atoms with E-state index in [1.807, 2.05) is 11.8 Å². The van der Waals surface area contributed by atoms with Gasteiger partial charge in [-0.25, -0.2) is 4.98 Å². The lowest BCUT2D eigenvalue weighted by atomic mass is 9.89. The first-order chi connectivity index (χ1) is 13.2. The van der Waals surface area contributed by atoms with Crippen molar-refractivity contribution in [2.24, 2.45) is 10.4 Å². The second-order valence-electron chi connectivity index (χ2n) is 7.60. The van der Waals surface area contributed by atoms with Gasteiger partial charge in [-0.3, -0.25) is 4.99 Å². The molecule has 2 fully saturated rings. The highest BCUT2D eigenvalue weighted by Crippen LogP contribution is 2.34. The maximum atomic E-state index is 12.8. The van der Waals surface area contributed by atoms with Crippen molar-refractivity contribution in [3.8, 4) is 0 Å². The third-order valence-electron chi connectivity index (χ3n) is 4.84. The number of halogens is 4. The van der Waals surface area contributed by atoms with E-state index in [9.17, 15) is 13.2 Å². The Kier molecular flexibility index (Phi) is 6.24. The molecule has 3 heterocycles. The monoisotopic (exact) mass is 419 g/mol. The van der Waals surface area contributed by atoms with Crippen LogP contribution in [0.2, 0.25) is 5.02 Å². The molecule has 2 aliphatic rings. The Bertz CT molecular complexity index is 724. The van der Waals surface area contributed by atoms with Crippen molar-refractivity contribution in [2.75, 3.05) is 44.3 Å². The highest BCUT2D eigenvalue weighted by atomic mass is 35.5. The molecule has 0 saturated carbocycles. The molecule has 3 rings (SSSR count). The van der Waals surface area contributed by atoms with Crippen LogP contribution >= 0.6 is 11.6 Å². The van der Waals surface area contributed by atoms with Gasteiger partial charge in [-0.1, -0.05) is 18.5 Å². The number of aromatic nitrogens is 1. The zero-order valence-electron chi connectivity index (χ0n) is 15.9. The number of rotatable bonds is 5. The van der Waals surface area contributed by atoms with Crippen LogP contribution in [0.15, 0.2) is 17.3 Å². The summed E-state index contributed by atoms with van der Waals surface area (Å²) in [5.74, 6) is 1.11. The number of nitrogens with zero attached hydrogens (tertiary/aromatic N) is 3. The molecule has 0 aromatic carbocycles. The molecular weight excluding hydrogens is 395 g/mol. The summed E-state index contributed by atoms with van der Waals surface area (Å²) in [5, 5.41) is 6.64. The average molecular weight is 420 g/mol. The summed E-state index contributed by atoms with van der Waals surface area (Å²) >= 11 is 6.07. The lowest BCUT2D eigenvalue weighted by molar-refractivity contribution is -0.137. The summed E-state index contributed by atoms with van der Waals surface area (Å²) in [5.41, 5.74) is -0.757. The number of pyridine rings is 1. The van der Waals surface area contributed by atoms with E-state index >= 15 is 0 Å². The van der Waals surface area contributed by atoms with E-state index in [0.29, 0.717) is 38.7 Å². The van der Waals surface area contributed by atoms with E-state index in [4.69, 9.17) is 16.3 Å². The van der Waals surface area contributed by atoms with Crippen molar-refractivity contribution in [3.05, 3.63) is 22.8 Å². The van der Waals surface area contributed by atoms with Crippen LogP contribution in [0.1, 0.15) is 25.8 Å². The second-order valence-corrected chi connectivity index (χ2v) is 8.01. The summed E-state index contributed by atoms with van der Waals surface area (Å²) in [6, 6.07) is 1.03. The summed E-state index contributed by atoms with van der Waals surface area (Å²) in [6.07, 6.45) is -2.82. The number of ether oxygens (including phenoxy) is 1. The Morgan fingerprint density at radius 2 is 2.21 bits per heavy atom. The third-order valence-corrected chi connectivity index (χ3v) is 5.12. The van der Waals surface area contributed by atoms with Crippen molar-refractivity contribution in [2.45, 2.75) is 32.5 Å². The average Bonchev–Trinajstić information content (AvgIpc) is 3.05. The smallest absolute Gasteiger partial charge is 0.380 e. The zero-order chi connectivity index (χ0) is 20.4. The highest BCUT2D eigenvalue weighted by Gasteiger charge is 2.34. The Morgan fingerprint density at radius 1 is 1.46 bits per heavy atom. The van der Waals surface area contributed by atoms with Gasteiger partial charge in [0.1, 0.15) is 5.82 Å². The van der Waals surface area contributed by atoms with Gasteiger partial charge in [0.05, 0.1) is 30.3 Å². The number of nitrogens with one attached hydrogen (secondary N) is 2. The molecule has 0 amide bonds. The molecule has 156 valence electrons. The van der Waals surface area contributed by atoms with Gasteiger partial charge in [-0.05, 0) is 19.4 Å². The van der Waals surface area contributed by atoms with E-state index in [0.717, 1.165) is 31.2 Å². The van der Waals surface area contributed by atoms with E-state index in [-0.39, 0.29) is 16.5 Å². The van der Waals surface area contributed by atoms with Gasteiger partial charge in [0.15, 0.2) is 5.96 Å². The molecular formula is C18H25ClF3N5O. The van der Waals surface area contributed by atoms with Crippen molar-refractivity contribution in [3.63, 3.8) is 0 Å². The molecule has 28 heavy (non-hydrogen) atoms. The van der Waals surface area contributed by atoms with Crippen LogP contribution in [0.5, 0.6) is 0 Å². The Morgan fingerprint density at radius 3 is 2.79 bits per heavy atom. The normalized spacial score (nSPS) is 22.1. The summed E-state index contributed by atoms with van der Waals surface area (Å²) < 4.78 is 43.6. The lowest BCUT2D eigenvalue weighted by Crippen LogP contribution is -2.47. The molecule has 2 saturated heterocycles. The van der Waals surface area contributed by atoms with Gasteiger partial charge in [-0.2, -0.15) is 13.2 Å². The highest BCUT2D eigenvalue weighted by molar-refractivity contribution is 6.33. The molecule has 6 nitrogen and oxygen atoms in total. The van der Waals surface area contributed by atoms with E-state index in [2.05, 4.69) is 27.5 Å². The van der Waals surface area contributed by atoms with Crippen LogP contribution in [0, 0.1) is 5.41 Å². The maximum absolute atomic E-state index is 12.8. The summed E-state index contributed by atoms with van der Waals surface area (Å²) in [4.78, 5) is 10.5. The van der Waals surface area contributed by atoms with E-state index < -0.39 is 11.7 Å². The fourth-order valence-corrected chi connectivity index (χ4v) is 3.50. The van der Waals surface area contributed by atoms with Gasteiger partial charge in [0, 0.05) is 37.3 Å². The molecule has 1 unspecified atom stereocenters. The molecule has 0 spiro atoms. The Labute approximate surface area is 167 Å². The maximum Gasteiger partial charge on any atom is 0.417 e. The predicted molar refractivity (Wildman–Crippen MR) is 103 cm³/mol. The quantitative estimate of drug-likeness (QED) is 0.567. The molecule has 0 radical (unpaired) electrons. The van der Waals surface area contributed by atoms with Gasteiger partial charge in [-0.15, -0.1) is 0 Å². The molecule has 1 atom stereocenters. The Hall–Kier alpha value is -1.74. The first-order valence-electron chi connectivity index (χ1n) is 9.30. The Balaban J connectivity index is 1.61. The van der Waals surface area contributed by atoms with Crippen molar-refractivity contribution in [1.29, 1.82) is 0 Å². The third kappa shape index (κ3) is 5.00. The molecule has 10 heteroatoms. The second kappa shape index (κ2) is 8.32. The number of hydrogen-bond acceptors (Lipinski definition) is 4. The topological polar surface area (TPSA) is 61.8 Å². The van der Waals surface area contributed by atoms with Gasteiger partial charge in [0.2, 0.25) is 0 Å². The molecule has 2 aliphatic heterocycles. The molecule has 1 aromatic heterocycles. The standard InChI is InChI=1S/C18H25ClF3N5O/c1-3-23-16(25-9-17(2)10-28-11-17)26-13-4-5-27(8-13)15-14(19)6-12(7-24-15)18(20,21)22/h6-7,13H,3-5,8-11H2,1-2H3,(H2,23,25,26). The fourth-order valence-electron chi connectivity index (χ4n) is 3.21. The number of alkyl halides is 3. The first-order valence-corrected chi connectivity index (χ1v) is 9.68. The zero-order valence-corrected chi connectivity index (χ0v) is 16.7. The molecule has 2 N–H and O–H groups in total. The number of aliphatic imine (C=N–C) groups is 1. The fraction of sp³-hybridized carbons (Fsp3) is 0.667. The summed E-state index contributed by atoms with van der Waals surface area (Å²) in [6.45, 7) is 8.21. The largest absolute Gasteiger partial charge is 0.417 e. The van der Waals surface area contributed by atoms with Crippen LogP contribution < -0.4 is 15.5 Å². The first kappa shape index (κ1) is 21.0. The minimum absolute atomic E-state index is 0.00829. The number of guanidine groups is 1. The van der Waals surface area contributed by atoms with Crippen molar-refractivity contribution >= 4 is 23.4 Å². The van der Waals surface area contributed by atoms with E-state index in [1.54, 1.807) is 0 Å². The minimum atomic E-state index is -4.45. The molecule has 0 bridgehead atoms. The summed E-state index contributed by atoms with van der Waals surface area (Å²) in [7, 11) is 0. The van der Waals surface area contributed by atoms with Crippen molar-refractivity contribution in [1.82, 2.24) is 15.6 Å². The molecule has 0 aliphatic carbocycles. The van der Waals surface area contributed by atoms with Crippen LogP contribution in [0.25, 0.3) is 0 Å². The van der Waals surface area contributed by atoms with Crippen molar-refractivity contribution < 1.29 is 17.9 Å². The van der Waals surface area contributed by atoms with Gasteiger partial charge in [0.25, 0.3) is 0 Å². The van der Waals surface area contributed by atoms with Gasteiger partial charge >= 0.3 is 6.18 Å².